The van der Waals surface area contributed by atoms with E-state index in [1.807, 2.05) is 29.6 Å². The molecule has 1 aliphatic heterocycles. The normalized spacial score (nSPS) is 17.5. The van der Waals surface area contributed by atoms with Gasteiger partial charge in [0.25, 0.3) is 0 Å². The van der Waals surface area contributed by atoms with E-state index in [-0.39, 0.29) is 12.1 Å². The SMILES string of the molecule is Cc1c(CNC(=O)N2CCOC(CCc3ccccc3)C2)cnn1C. The van der Waals surface area contributed by atoms with Gasteiger partial charge in [-0.1, -0.05) is 30.3 Å². The fraction of sp³-hybridized carbons (Fsp3) is 0.474. The summed E-state index contributed by atoms with van der Waals surface area (Å²) in [7, 11) is 1.90. The van der Waals surface area contributed by atoms with Gasteiger partial charge in [-0.2, -0.15) is 5.10 Å². The van der Waals surface area contributed by atoms with Crippen LogP contribution >= 0.6 is 0 Å². The quantitative estimate of drug-likeness (QED) is 0.907. The Hall–Kier alpha value is -2.34. The molecule has 1 fully saturated rings. The molecule has 1 aromatic carbocycles. The van der Waals surface area contributed by atoms with E-state index in [0.717, 1.165) is 24.1 Å². The number of carbonyl (C=O) groups is 1. The van der Waals surface area contributed by atoms with Crippen molar-refractivity contribution in [3.8, 4) is 0 Å². The summed E-state index contributed by atoms with van der Waals surface area (Å²) in [6, 6.07) is 10.4. The van der Waals surface area contributed by atoms with Crippen LogP contribution in [0.25, 0.3) is 0 Å². The Morgan fingerprint density at radius 3 is 2.88 bits per heavy atom. The number of ether oxygens (including phenoxy) is 1. The van der Waals surface area contributed by atoms with Gasteiger partial charge in [-0.05, 0) is 25.3 Å². The fourth-order valence-electron chi connectivity index (χ4n) is 3.05. The van der Waals surface area contributed by atoms with E-state index in [1.165, 1.54) is 5.56 Å². The lowest BCUT2D eigenvalue weighted by molar-refractivity contribution is -0.0176. The highest BCUT2D eigenvalue weighted by Gasteiger charge is 2.24. The zero-order valence-electron chi connectivity index (χ0n) is 14.9. The smallest absolute Gasteiger partial charge is 0.317 e. The maximum Gasteiger partial charge on any atom is 0.317 e. The summed E-state index contributed by atoms with van der Waals surface area (Å²) in [5.41, 5.74) is 3.42. The number of carbonyl (C=O) groups excluding carboxylic acids is 1. The third-order valence-electron chi connectivity index (χ3n) is 4.79. The van der Waals surface area contributed by atoms with Gasteiger partial charge in [-0.3, -0.25) is 4.68 Å². The molecule has 2 heterocycles. The summed E-state index contributed by atoms with van der Waals surface area (Å²) in [4.78, 5) is 14.3. The van der Waals surface area contributed by atoms with Crippen LogP contribution in [0.2, 0.25) is 0 Å². The van der Waals surface area contributed by atoms with Crippen LogP contribution in [-0.4, -0.2) is 46.5 Å². The molecular weight excluding hydrogens is 316 g/mol. The average molecular weight is 342 g/mol. The molecule has 1 aromatic heterocycles. The molecule has 2 aromatic rings. The summed E-state index contributed by atoms with van der Waals surface area (Å²) in [6.45, 7) is 4.39. The Bertz CT molecular complexity index is 699. The predicted octanol–water partition coefficient (Wildman–Crippen LogP) is 2.27. The molecule has 0 radical (unpaired) electrons. The molecule has 3 rings (SSSR count). The molecule has 0 bridgehead atoms. The van der Waals surface area contributed by atoms with Crippen molar-refractivity contribution < 1.29 is 9.53 Å². The first kappa shape index (κ1) is 17.5. The predicted molar refractivity (Wildman–Crippen MR) is 96.3 cm³/mol. The molecule has 0 spiro atoms. The molecule has 1 unspecified atom stereocenters. The van der Waals surface area contributed by atoms with Crippen LogP contribution in [-0.2, 0) is 24.8 Å². The van der Waals surface area contributed by atoms with Crippen LogP contribution < -0.4 is 5.32 Å². The lowest BCUT2D eigenvalue weighted by Crippen LogP contribution is -2.49. The lowest BCUT2D eigenvalue weighted by atomic mass is 10.1. The van der Waals surface area contributed by atoms with E-state index in [1.54, 1.807) is 6.20 Å². The summed E-state index contributed by atoms with van der Waals surface area (Å²) < 4.78 is 7.65. The van der Waals surface area contributed by atoms with Crippen LogP contribution in [0.4, 0.5) is 4.79 Å². The van der Waals surface area contributed by atoms with E-state index in [2.05, 4.69) is 34.7 Å². The van der Waals surface area contributed by atoms with Gasteiger partial charge in [-0.25, -0.2) is 4.79 Å². The van der Waals surface area contributed by atoms with E-state index in [9.17, 15) is 4.79 Å². The summed E-state index contributed by atoms with van der Waals surface area (Å²) in [6.07, 6.45) is 3.79. The number of amides is 2. The first-order chi connectivity index (χ1) is 12.1. The minimum absolute atomic E-state index is 0.0312. The van der Waals surface area contributed by atoms with E-state index >= 15 is 0 Å². The second-order valence-electron chi connectivity index (χ2n) is 6.50. The highest BCUT2D eigenvalue weighted by molar-refractivity contribution is 5.74. The zero-order chi connectivity index (χ0) is 17.6. The number of hydrogen-bond donors (Lipinski definition) is 1. The molecule has 2 amide bonds. The molecule has 0 aliphatic carbocycles. The van der Waals surface area contributed by atoms with Crippen molar-refractivity contribution in [1.29, 1.82) is 0 Å². The first-order valence-corrected chi connectivity index (χ1v) is 8.79. The average Bonchev–Trinajstić information content (AvgIpc) is 2.97. The van der Waals surface area contributed by atoms with Gasteiger partial charge in [0.15, 0.2) is 0 Å². The van der Waals surface area contributed by atoms with Crippen molar-refractivity contribution in [1.82, 2.24) is 20.0 Å². The molecule has 6 heteroatoms. The Morgan fingerprint density at radius 2 is 2.16 bits per heavy atom. The van der Waals surface area contributed by atoms with Crippen molar-refractivity contribution in [3.05, 3.63) is 53.3 Å². The van der Waals surface area contributed by atoms with Crippen LogP contribution in [0.5, 0.6) is 0 Å². The second-order valence-corrected chi connectivity index (χ2v) is 6.50. The molecule has 134 valence electrons. The van der Waals surface area contributed by atoms with Gasteiger partial charge in [0.05, 0.1) is 18.9 Å². The Kier molecular flexibility index (Phi) is 5.71. The van der Waals surface area contributed by atoms with Crippen LogP contribution in [0.15, 0.2) is 36.5 Å². The van der Waals surface area contributed by atoms with Crippen molar-refractivity contribution >= 4 is 6.03 Å². The molecule has 1 atom stereocenters. The van der Waals surface area contributed by atoms with Crippen molar-refractivity contribution in [3.63, 3.8) is 0 Å². The Morgan fingerprint density at radius 1 is 1.36 bits per heavy atom. The first-order valence-electron chi connectivity index (χ1n) is 8.79. The second kappa shape index (κ2) is 8.16. The minimum atomic E-state index is -0.0312. The summed E-state index contributed by atoms with van der Waals surface area (Å²) in [5.74, 6) is 0. The number of urea groups is 1. The van der Waals surface area contributed by atoms with Crippen molar-refractivity contribution in [2.24, 2.45) is 7.05 Å². The number of hydrogen-bond acceptors (Lipinski definition) is 3. The third-order valence-corrected chi connectivity index (χ3v) is 4.79. The fourth-order valence-corrected chi connectivity index (χ4v) is 3.05. The van der Waals surface area contributed by atoms with E-state index in [4.69, 9.17) is 4.74 Å². The number of morpholine rings is 1. The summed E-state index contributed by atoms with van der Waals surface area (Å²) in [5, 5.41) is 7.20. The highest BCUT2D eigenvalue weighted by Crippen LogP contribution is 2.13. The Labute approximate surface area is 148 Å². The van der Waals surface area contributed by atoms with Gasteiger partial charge in [0.1, 0.15) is 0 Å². The van der Waals surface area contributed by atoms with E-state index in [0.29, 0.717) is 26.2 Å². The number of benzene rings is 1. The number of nitrogens with one attached hydrogen (secondary N) is 1. The van der Waals surface area contributed by atoms with Gasteiger partial charge >= 0.3 is 6.03 Å². The lowest BCUT2D eigenvalue weighted by Gasteiger charge is -2.33. The standard InChI is InChI=1S/C19H26N4O2/c1-15-17(13-21-22(15)2)12-20-19(24)23-10-11-25-18(14-23)9-8-16-6-4-3-5-7-16/h3-7,13,18H,8-12,14H2,1-2H3,(H,20,24). The molecule has 6 nitrogen and oxygen atoms in total. The topological polar surface area (TPSA) is 59.4 Å². The van der Waals surface area contributed by atoms with Gasteiger partial charge in [-0.15, -0.1) is 0 Å². The molecule has 1 N–H and O–H groups in total. The van der Waals surface area contributed by atoms with Gasteiger partial charge < -0.3 is 15.0 Å². The van der Waals surface area contributed by atoms with Crippen molar-refractivity contribution in [2.45, 2.75) is 32.4 Å². The molecule has 25 heavy (non-hydrogen) atoms. The monoisotopic (exact) mass is 342 g/mol. The molecule has 1 aliphatic rings. The Balaban J connectivity index is 1.47. The largest absolute Gasteiger partial charge is 0.375 e. The number of aromatic nitrogens is 2. The van der Waals surface area contributed by atoms with Gasteiger partial charge in [0, 0.05) is 37.9 Å². The molecule has 0 saturated carbocycles. The highest BCUT2D eigenvalue weighted by atomic mass is 16.5. The minimum Gasteiger partial charge on any atom is -0.375 e. The molecule has 1 saturated heterocycles. The maximum absolute atomic E-state index is 12.4. The molecular formula is C19H26N4O2. The van der Waals surface area contributed by atoms with Crippen LogP contribution in [0.1, 0.15) is 23.2 Å². The number of aryl methyl sites for hydroxylation is 2. The maximum atomic E-state index is 12.4. The summed E-state index contributed by atoms with van der Waals surface area (Å²) >= 11 is 0. The van der Waals surface area contributed by atoms with Crippen LogP contribution in [0, 0.1) is 6.92 Å². The number of rotatable bonds is 5. The zero-order valence-corrected chi connectivity index (χ0v) is 14.9. The van der Waals surface area contributed by atoms with Gasteiger partial charge in [0.2, 0.25) is 0 Å². The van der Waals surface area contributed by atoms with E-state index < -0.39 is 0 Å². The van der Waals surface area contributed by atoms with Crippen LogP contribution in [0.3, 0.4) is 0 Å². The number of nitrogens with zero attached hydrogens (tertiary/aromatic N) is 3. The third kappa shape index (κ3) is 4.60. The van der Waals surface area contributed by atoms with Crippen molar-refractivity contribution in [2.75, 3.05) is 19.7 Å².